The molecule has 0 spiro atoms. The number of nitrogens with one attached hydrogen (secondary N) is 2. The van der Waals surface area contributed by atoms with Gasteiger partial charge in [0.2, 0.25) is 5.91 Å². The Morgan fingerprint density at radius 1 is 1.22 bits per heavy atom. The fourth-order valence-electron chi connectivity index (χ4n) is 1.82. The van der Waals surface area contributed by atoms with Crippen LogP contribution in [-0.2, 0) is 4.79 Å². The van der Waals surface area contributed by atoms with Gasteiger partial charge in [-0.05, 0) is 57.9 Å². The number of amides is 1. The smallest absolute Gasteiger partial charge is 0.239 e. The molecule has 1 amide bonds. The molecule has 0 heterocycles. The number of hydrogen-bond acceptors (Lipinski definition) is 2. The van der Waals surface area contributed by atoms with Gasteiger partial charge in [-0.3, -0.25) is 4.79 Å². The van der Waals surface area contributed by atoms with Gasteiger partial charge < -0.3 is 10.6 Å². The first-order valence-electron chi connectivity index (χ1n) is 6.00. The Morgan fingerprint density at radius 2 is 1.72 bits per heavy atom. The molecule has 0 radical (unpaired) electrons. The van der Waals surface area contributed by atoms with Crippen LogP contribution in [0.15, 0.2) is 16.6 Å². The molecule has 0 saturated carbocycles. The lowest BCUT2D eigenvalue weighted by atomic mass is 10.1. The first-order chi connectivity index (χ1) is 8.19. The molecular formula is C14H21BrN2O. The van der Waals surface area contributed by atoms with Crippen molar-refractivity contribution in [1.29, 1.82) is 0 Å². The van der Waals surface area contributed by atoms with E-state index in [4.69, 9.17) is 0 Å². The van der Waals surface area contributed by atoms with E-state index in [0.29, 0.717) is 6.54 Å². The normalized spacial score (nSPS) is 11.2. The fourth-order valence-corrected chi connectivity index (χ4v) is 2.51. The van der Waals surface area contributed by atoms with E-state index in [1.165, 1.54) is 0 Å². The van der Waals surface area contributed by atoms with Gasteiger partial charge in [0.1, 0.15) is 0 Å². The number of carbonyl (C=O) groups excluding carboxylic acids is 1. The third-order valence-electron chi connectivity index (χ3n) is 2.44. The van der Waals surface area contributed by atoms with Crippen molar-refractivity contribution >= 4 is 27.5 Å². The van der Waals surface area contributed by atoms with Crippen LogP contribution in [0.3, 0.4) is 0 Å². The Bertz CT molecular complexity index is 427. The van der Waals surface area contributed by atoms with Gasteiger partial charge >= 0.3 is 0 Å². The summed E-state index contributed by atoms with van der Waals surface area (Å²) in [6.07, 6.45) is 0. The third kappa shape index (κ3) is 4.69. The molecular weight excluding hydrogens is 292 g/mol. The maximum Gasteiger partial charge on any atom is 0.239 e. The van der Waals surface area contributed by atoms with Crippen molar-refractivity contribution in [2.75, 3.05) is 11.9 Å². The average Bonchev–Trinajstić information content (AvgIpc) is 2.12. The summed E-state index contributed by atoms with van der Waals surface area (Å²) in [7, 11) is 0. The van der Waals surface area contributed by atoms with E-state index in [0.717, 1.165) is 21.3 Å². The number of halogens is 1. The molecule has 4 heteroatoms. The Labute approximate surface area is 117 Å². The molecule has 1 rings (SSSR count). The van der Waals surface area contributed by atoms with Crippen LogP contribution in [0.4, 0.5) is 5.69 Å². The molecule has 3 nitrogen and oxygen atoms in total. The van der Waals surface area contributed by atoms with Gasteiger partial charge in [-0.1, -0.05) is 15.9 Å². The highest BCUT2D eigenvalue weighted by Gasteiger charge is 2.13. The van der Waals surface area contributed by atoms with Crippen LogP contribution >= 0.6 is 15.9 Å². The number of aryl methyl sites for hydroxylation is 2. The Hall–Kier alpha value is -1.03. The third-order valence-corrected chi connectivity index (χ3v) is 2.90. The van der Waals surface area contributed by atoms with Crippen LogP contribution in [0, 0.1) is 13.8 Å². The minimum absolute atomic E-state index is 0.00391. The zero-order valence-electron chi connectivity index (χ0n) is 11.6. The summed E-state index contributed by atoms with van der Waals surface area (Å²) in [6, 6.07) is 4.08. The molecule has 1 aromatic rings. The van der Waals surface area contributed by atoms with Gasteiger partial charge in [-0.2, -0.15) is 0 Å². The average molecular weight is 313 g/mol. The summed E-state index contributed by atoms with van der Waals surface area (Å²) in [6.45, 7) is 10.3. The largest absolute Gasteiger partial charge is 0.376 e. The van der Waals surface area contributed by atoms with Crippen molar-refractivity contribution in [3.63, 3.8) is 0 Å². The predicted molar refractivity (Wildman–Crippen MR) is 80.0 cm³/mol. The van der Waals surface area contributed by atoms with Crippen LogP contribution < -0.4 is 10.6 Å². The van der Waals surface area contributed by atoms with Crippen LogP contribution in [0.5, 0.6) is 0 Å². The number of benzene rings is 1. The Morgan fingerprint density at radius 3 is 2.17 bits per heavy atom. The molecule has 100 valence electrons. The van der Waals surface area contributed by atoms with Gasteiger partial charge in [0.25, 0.3) is 0 Å². The summed E-state index contributed by atoms with van der Waals surface area (Å²) in [5.41, 5.74) is 3.10. The molecule has 2 N–H and O–H groups in total. The first-order valence-corrected chi connectivity index (χ1v) is 6.80. The first kappa shape index (κ1) is 15.0. The van der Waals surface area contributed by atoms with Crippen molar-refractivity contribution in [3.05, 3.63) is 27.7 Å². The molecule has 0 aliphatic heterocycles. The van der Waals surface area contributed by atoms with E-state index >= 15 is 0 Å². The van der Waals surface area contributed by atoms with E-state index < -0.39 is 0 Å². The summed E-state index contributed by atoms with van der Waals surface area (Å²) in [4.78, 5) is 11.7. The number of anilines is 1. The van der Waals surface area contributed by atoms with Gasteiger partial charge in [-0.15, -0.1) is 0 Å². The molecule has 0 unspecified atom stereocenters. The van der Waals surface area contributed by atoms with Crippen molar-refractivity contribution in [1.82, 2.24) is 5.32 Å². The van der Waals surface area contributed by atoms with E-state index in [1.807, 2.05) is 46.8 Å². The van der Waals surface area contributed by atoms with Gasteiger partial charge in [-0.25, -0.2) is 0 Å². The van der Waals surface area contributed by atoms with Crippen molar-refractivity contribution < 1.29 is 4.79 Å². The highest BCUT2D eigenvalue weighted by molar-refractivity contribution is 9.10. The van der Waals surface area contributed by atoms with E-state index in [1.54, 1.807) is 0 Å². The summed E-state index contributed by atoms with van der Waals surface area (Å²) >= 11 is 3.46. The SMILES string of the molecule is Cc1cc(Br)cc(C)c1NCC(=O)NC(C)(C)C. The van der Waals surface area contributed by atoms with E-state index in [-0.39, 0.29) is 11.4 Å². The van der Waals surface area contributed by atoms with Gasteiger partial charge in [0, 0.05) is 15.7 Å². The number of carbonyl (C=O) groups is 1. The molecule has 1 aromatic carbocycles. The maximum absolute atomic E-state index is 11.7. The lowest BCUT2D eigenvalue weighted by Crippen LogP contribution is -2.43. The van der Waals surface area contributed by atoms with Crippen LogP contribution in [0.25, 0.3) is 0 Å². The lowest BCUT2D eigenvalue weighted by molar-refractivity contribution is -0.120. The Balaban J connectivity index is 2.67. The van der Waals surface area contributed by atoms with Crippen LogP contribution in [0.1, 0.15) is 31.9 Å². The minimum Gasteiger partial charge on any atom is -0.376 e. The zero-order chi connectivity index (χ0) is 13.9. The fraction of sp³-hybridized carbons (Fsp3) is 0.500. The van der Waals surface area contributed by atoms with Gasteiger partial charge in [0.15, 0.2) is 0 Å². The van der Waals surface area contributed by atoms with Gasteiger partial charge in [0.05, 0.1) is 6.54 Å². The monoisotopic (exact) mass is 312 g/mol. The minimum atomic E-state index is -0.192. The van der Waals surface area contributed by atoms with Crippen molar-refractivity contribution in [2.24, 2.45) is 0 Å². The molecule has 0 atom stereocenters. The summed E-state index contributed by atoms with van der Waals surface area (Å²) < 4.78 is 1.06. The molecule has 0 aromatic heterocycles. The second-order valence-electron chi connectivity index (χ2n) is 5.57. The van der Waals surface area contributed by atoms with E-state index in [9.17, 15) is 4.79 Å². The van der Waals surface area contributed by atoms with Crippen molar-refractivity contribution in [3.8, 4) is 0 Å². The second kappa shape index (κ2) is 5.74. The molecule has 0 aliphatic carbocycles. The maximum atomic E-state index is 11.7. The predicted octanol–water partition coefficient (Wildman–Crippen LogP) is 3.39. The summed E-state index contributed by atoms with van der Waals surface area (Å²) in [5, 5.41) is 6.13. The van der Waals surface area contributed by atoms with E-state index in [2.05, 4.69) is 26.6 Å². The standard InChI is InChI=1S/C14H21BrN2O/c1-9-6-11(15)7-10(2)13(9)16-8-12(18)17-14(3,4)5/h6-7,16H,8H2,1-5H3,(H,17,18). The van der Waals surface area contributed by atoms with Crippen LogP contribution in [0.2, 0.25) is 0 Å². The quantitative estimate of drug-likeness (QED) is 0.898. The highest BCUT2D eigenvalue weighted by atomic mass is 79.9. The topological polar surface area (TPSA) is 41.1 Å². The molecule has 0 aliphatic rings. The molecule has 0 fully saturated rings. The summed E-state index contributed by atoms with van der Waals surface area (Å²) in [5.74, 6) is 0.00391. The molecule has 18 heavy (non-hydrogen) atoms. The zero-order valence-corrected chi connectivity index (χ0v) is 13.2. The number of rotatable bonds is 3. The van der Waals surface area contributed by atoms with Crippen LogP contribution in [-0.4, -0.2) is 18.0 Å². The Kier molecular flexibility index (Phi) is 4.79. The lowest BCUT2D eigenvalue weighted by Gasteiger charge is -2.21. The molecule has 0 saturated heterocycles. The second-order valence-corrected chi connectivity index (χ2v) is 6.48. The molecule has 0 bridgehead atoms. The number of hydrogen-bond donors (Lipinski definition) is 2. The highest BCUT2D eigenvalue weighted by Crippen LogP contribution is 2.24. The van der Waals surface area contributed by atoms with Crippen molar-refractivity contribution in [2.45, 2.75) is 40.2 Å².